The Bertz CT molecular complexity index is 1260. The van der Waals surface area contributed by atoms with Crippen LogP contribution in [0.3, 0.4) is 0 Å². The molecule has 3 aromatic heterocycles. The largest absolute Gasteiger partial charge is 0.497 e. The molecule has 32 heavy (non-hydrogen) atoms. The van der Waals surface area contributed by atoms with Gasteiger partial charge in [0, 0.05) is 24.9 Å². The van der Waals surface area contributed by atoms with Gasteiger partial charge in [0.2, 0.25) is 5.89 Å². The SMILES string of the molecule is COc1cccc(Cc2cnc([C@@H]3CCCCN3C(=O)c3cn4c(C)cccc4n3)o2)c1. The number of benzene rings is 1. The molecule has 1 amide bonds. The lowest BCUT2D eigenvalue weighted by molar-refractivity contribution is 0.0564. The minimum Gasteiger partial charge on any atom is -0.497 e. The summed E-state index contributed by atoms with van der Waals surface area (Å²) in [5.74, 6) is 2.10. The Hall–Kier alpha value is -3.61. The Labute approximate surface area is 186 Å². The smallest absolute Gasteiger partial charge is 0.274 e. The molecule has 0 N–H and O–H groups in total. The van der Waals surface area contributed by atoms with E-state index in [2.05, 4.69) is 9.97 Å². The summed E-state index contributed by atoms with van der Waals surface area (Å²) in [7, 11) is 1.66. The number of methoxy groups -OCH3 is 1. The third-order valence-corrected chi connectivity index (χ3v) is 6.05. The molecule has 4 aromatic rings. The zero-order valence-corrected chi connectivity index (χ0v) is 18.3. The van der Waals surface area contributed by atoms with Crippen LogP contribution in [0.5, 0.6) is 5.75 Å². The Balaban J connectivity index is 1.38. The van der Waals surface area contributed by atoms with Gasteiger partial charge in [-0.05, 0) is 56.0 Å². The molecule has 0 radical (unpaired) electrons. The van der Waals surface area contributed by atoms with E-state index in [9.17, 15) is 4.79 Å². The van der Waals surface area contributed by atoms with Gasteiger partial charge in [-0.1, -0.05) is 18.2 Å². The van der Waals surface area contributed by atoms with Gasteiger partial charge in [0.15, 0.2) is 0 Å². The molecule has 1 atom stereocenters. The van der Waals surface area contributed by atoms with Gasteiger partial charge in [-0.25, -0.2) is 9.97 Å². The molecule has 7 nitrogen and oxygen atoms in total. The monoisotopic (exact) mass is 430 g/mol. The summed E-state index contributed by atoms with van der Waals surface area (Å²) in [6, 6.07) is 13.6. The van der Waals surface area contributed by atoms with E-state index in [1.54, 1.807) is 13.3 Å². The summed E-state index contributed by atoms with van der Waals surface area (Å²) in [4.78, 5) is 24.4. The number of ether oxygens (including phenoxy) is 1. The van der Waals surface area contributed by atoms with Crippen molar-refractivity contribution in [2.45, 2.75) is 38.6 Å². The number of rotatable bonds is 5. The minimum atomic E-state index is -0.179. The van der Waals surface area contributed by atoms with E-state index >= 15 is 0 Å². The lowest BCUT2D eigenvalue weighted by Gasteiger charge is -2.33. The van der Waals surface area contributed by atoms with Gasteiger partial charge in [-0.15, -0.1) is 0 Å². The van der Waals surface area contributed by atoms with Crippen molar-refractivity contribution in [3.05, 3.63) is 83.5 Å². The second kappa shape index (κ2) is 8.49. The van der Waals surface area contributed by atoms with Crippen molar-refractivity contribution in [1.82, 2.24) is 19.3 Å². The lowest BCUT2D eigenvalue weighted by Crippen LogP contribution is -2.38. The molecule has 0 bridgehead atoms. The predicted octanol–water partition coefficient (Wildman–Crippen LogP) is 4.60. The van der Waals surface area contributed by atoms with Crippen molar-refractivity contribution in [2.24, 2.45) is 0 Å². The van der Waals surface area contributed by atoms with E-state index in [1.165, 1.54) is 0 Å². The highest BCUT2D eigenvalue weighted by atomic mass is 16.5. The van der Waals surface area contributed by atoms with Gasteiger partial charge < -0.3 is 18.5 Å². The Kier molecular flexibility index (Phi) is 5.39. The van der Waals surface area contributed by atoms with Crippen molar-refractivity contribution in [3.8, 4) is 5.75 Å². The Morgan fingerprint density at radius 1 is 1.22 bits per heavy atom. The van der Waals surface area contributed by atoms with Crippen LogP contribution in [0.2, 0.25) is 0 Å². The number of carbonyl (C=O) groups excluding carboxylic acids is 1. The molecule has 1 aliphatic heterocycles. The Morgan fingerprint density at radius 2 is 2.09 bits per heavy atom. The zero-order chi connectivity index (χ0) is 22.1. The summed E-state index contributed by atoms with van der Waals surface area (Å²) in [6.45, 7) is 2.67. The molecule has 0 spiro atoms. The van der Waals surface area contributed by atoms with Crippen molar-refractivity contribution in [2.75, 3.05) is 13.7 Å². The van der Waals surface area contributed by atoms with Gasteiger partial charge >= 0.3 is 0 Å². The van der Waals surface area contributed by atoms with Crippen LogP contribution in [0.1, 0.15) is 58.7 Å². The molecule has 7 heteroatoms. The van der Waals surface area contributed by atoms with Crippen LogP contribution in [0, 0.1) is 6.92 Å². The van der Waals surface area contributed by atoms with E-state index < -0.39 is 0 Å². The number of hydrogen-bond acceptors (Lipinski definition) is 5. The number of imidazole rings is 1. The summed E-state index contributed by atoms with van der Waals surface area (Å²) in [5, 5.41) is 0. The molecule has 1 fully saturated rings. The molecule has 1 saturated heterocycles. The maximum Gasteiger partial charge on any atom is 0.274 e. The first-order chi connectivity index (χ1) is 15.6. The third kappa shape index (κ3) is 3.86. The van der Waals surface area contributed by atoms with Crippen LogP contribution < -0.4 is 4.74 Å². The standard InChI is InChI=1S/C25H26N4O3/c1-17-7-5-11-23-27-21(16-29(17)23)25(30)28-12-4-3-10-22(28)24-26-15-20(32-24)14-18-8-6-9-19(13-18)31-2/h5-9,11,13,15-16,22H,3-4,10,12,14H2,1-2H3/t22-/m0/s1. The highest BCUT2D eigenvalue weighted by Gasteiger charge is 2.33. The number of fused-ring (bicyclic) bond motifs is 1. The van der Waals surface area contributed by atoms with E-state index in [-0.39, 0.29) is 11.9 Å². The number of likely N-dealkylation sites (tertiary alicyclic amines) is 1. The summed E-state index contributed by atoms with van der Waals surface area (Å²) in [5.41, 5.74) is 3.36. The average molecular weight is 431 g/mol. The number of aryl methyl sites for hydroxylation is 1. The number of amides is 1. The topological polar surface area (TPSA) is 72.9 Å². The molecule has 5 rings (SSSR count). The predicted molar refractivity (Wildman–Crippen MR) is 120 cm³/mol. The van der Waals surface area contributed by atoms with Gasteiger partial charge in [0.1, 0.15) is 28.9 Å². The minimum absolute atomic E-state index is 0.0784. The van der Waals surface area contributed by atoms with Crippen LogP contribution in [-0.2, 0) is 6.42 Å². The maximum atomic E-state index is 13.4. The first-order valence-corrected chi connectivity index (χ1v) is 11.0. The maximum absolute atomic E-state index is 13.4. The van der Waals surface area contributed by atoms with Crippen LogP contribution in [0.4, 0.5) is 0 Å². The van der Waals surface area contributed by atoms with Crippen LogP contribution >= 0.6 is 0 Å². The molecular formula is C25H26N4O3. The molecule has 0 aliphatic carbocycles. The first kappa shape index (κ1) is 20.3. The molecule has 164 valence electrons. The molecule has 0 saturated carbocycles. The number of carbonyl (C=O) groups is 1. The van der Waals surface area contributed by atoms with E-state index in [1.807, 2.05) is 64.9 Å². The molecule has 1 aliphatic rings. The fraction of sp³-hybridized carbons (Fsp3) is 0.320. The second-order valence-electron chi connectivity index (χ2n) is 8.22. The quantitative estimate of drug-likeness (QED) is 0.463. The van der Waals surface area contributed by atoms with Gasteiger partial charge in [0.25, 0.3) is 5.91 Å². The van der Waals surface area contributed by atoms with E-state index in [4.69, 9.17) is 9.15 Å². The van der Waals surface area contributed by atoms with Crippen molar-refractivity contribution in [1.29, 1.82) is 0 Å². The number of oxazole rings is 1. The van der Waals surface area contributed by atoms with Crippen molar-refractivity contribution < 1.29 is 13.9 Å². The fourth-order valence-corrected chi connectivity index (χ4v) is 4.37. The molecular weight excluding hydrogens is 404 g/mol. The van der Waals surface area contributed by atoms with Crippen LogP contribution in [-0.4, -0.2) is 38.8 Å². The van der Waals surface area contributed by atoms with Gasteiger partial charge in [0.05, 0.1) is 13.3 Å². The van der Waals surface area contributed by atoms with Crippen LogP contribution in [0.25, 0.3) is 5.65 Å². The highest BCUT2D eigenvalue weighted by Crippen LogP contribution is 2.32. The summed E-state index contributed by atoms with van der Waals surface area (Å²) >= 11 is 0. The fourth-order valence-electron chi connectivity index (χ4n) is 4.37. The van der Waals surface area contributed by atoms with Crippen molar-refractivity contribution in [3.63, 3.8) is 0 Å². The second-order valence-corrected chi connectivity index (χ2v) is 8.22. The number of pyridine rings is 1. The van der Waals surface area contributed by atoms with Gasteiger partial charge in [-0.3, -0.25) is 4.79 Å². The van der Waals surface area contributed by atoms with Crippen LogP contribution in [0.15, 0.2) is 59.3 Å². The Morgan fingerprint density at radius 3 is 2.94 bits per heavy atom. The molecule has 4 heterocycles. The summed E-state index contributed by atoms with van der Waals surface area (Å²) in [6.07, 6.45) is 7.04. The normalized spacial score (nSPS) is 16.4. The zero-order valence-electron chi connectivity index (χ0n) is 18.3. The van der Waals surface area contributed by atoms with Gasteiger partial charge in [-0.2, -0.15) is 0 Å². The third-order valence-electron chi connectivity index (χ3n) is 6.05. The highest BCUT2D eigenvalue weighted by molar-refractivity contribution is 5.93. The van der Waals surface area contributed by atoms with E-state index in [0.717, 1.165) is 47.7 Å². The first-order valence-electron chi connectivity index (χ1n) is 11.0. The molecule has 0 unspecified atom stereocenters. The number of hydrogen-bond donors (Lipinski definition) is 0. The lowest BCUT2D eigenvalue weighted by atomic mass is 10.0. The average Bonchev–Trinajstić information content (AvgIpc) is 3.47. The van der Waals surface area contributed by atoms with Crippen molar-refractivity contribution >= 4 is 11.6 Å². The van der Waals surface area contributed by atoms with E-state index in [0.29, 0.717) is 24.6 Å². The molecule has 1 aromatic carbocycles. The number of aromatic nitrogens is 3. The summed E-state index contributed by atoms with van der Waals surface area (Å²) < 4.78 is 13.4. The number of nitrogens with zero attached hydrogens (tertiary/aromatic N) is 4. The number of piperidine rings is 1.